The first-order chi connectivity index (χ1) is 12.5. The van der Waals surface area contributed by atoms with Crippen LogP contribution in [0.25, 0.3) is 11.5 Å². The summed E-state index contributed by atoms with van der Waals surface area (Å²) in [5, 5.41) is 3.78. The van der Waals surface area contributed by atoms with E-state index in [4.69, 9.17) is 8.94 Å². The summed E-state index contributed by atoms with van der Waals surface area (Å²) in [6.07, 6.45) is 1.19. The van der Waals surface area contributed by atoms with E-state index in [9.17, 15) is 4.79 Å². The van der Waals surface area contributed by atoms with E-state index in [-0.39, 0.29) is 5.91 Å². The molecule has 6 nitrogen and oxygen atoms in total. The Morgan fingerprint density at radius 2 is 1.96 bits per heavy atom. The number of aryl methyl sites for hydroxylation is 1. The van der Waals surface area contributed by atoms with E-state index in [1.165, 1.54) is 6.42 Å². The van der Waals surface area contributed by atoms with Crippen LogP contribution in [-0.4, -0.2) is 28.0 Å². The number of amides is 1. The van der Waals surface area contributed by atoms with E-state index >= 15 is 0 Å². The van der Waals surface area contributed by atoms with E-state index < -0.39 is 0 Å². The molecule has 1 aliphatic rings. The summed E-state index contributed by atoms with van der Waals surface area (Å²) in [7, 11) is 1.78. The Morgan fingerprint density at radius 3 is 2.58 bits per heavy atom. The number of carbonyl (C=O) groups excluding carboxylic acids is 1. The average Bonchev–Trinajstić information content (AvgIpc) is 3.00. The van der Waals surface area contributed by atoms with Crippen LogP contribution in [0.2, 0.25) is 0 Å². The van der Waals surface area contributed by atoms with Gasteiger partial charge in [0.2, 0.25) is 0 Å². The van der Waals surface area contributed by atoms with Crippen molar-refractivity contribution in [3.8, 4) is 11.5 Å². The van der Waals surface area contributed by atoms with Gasteiger partial charge in [-0.25, -0.2) is 0 Å². The maximum Gasteiger partial charge on any atom is 0.257 e. The molecule has 1 aliphatic carbocycles. The zero-order valence-corrected chi connectivity index (χ0v) is 15.1. The molecule has 4 rings (SSSR count). The quantitative estimate of drug-likeness (QED) is 0.694. The van der Waals surface area contributed by atoms with Crippen LogP contribution in [0.3, 0.4) is 0 Å². The summed E-state index contributed by atoms with van der Waals surface area (Å²) in [5.74, 6) is 4.07. The lowest BCUT2D eigenvalue weighted by Crippen LogP contribution is -2.25. The van der Waals surface area contributed by atoms with Crippen LogP contribution in [0, 0.1) is 12.8 Å². The van der Waals surface area contributed by atoms with Gasteiger partial charge in [-0.3, -0.25) is 4.79 Å². The number of aromatic nitrogens is 2. The number of benzene rings is 1. The van der Waals surface area contributed by atoms with Crippen molar-refractivity contribution >= 4 is 5.91 Å². The van der Waals surface area contributed by atoms with Crippen molar-refractivity contribution in [1.82, 2.24) is 15.0 Å². The summed E-state index contributed by atoms with van der Waals surface area (Å²) in [6.45, 7) is 4.44. The van der Waals surface area contributed by atoms with Crippen LogP contribution < -0.4 is 0 Å². The third-order valence-electron chi connectivity index (χ3n) is 4.80. The van der Waals surface area contributed by atoms with Crippen LogP contribution in [-0.2, 0) is 6.54 Å². The first kappa shape index (κ1) is 16.6. The van der Waals surface area contributed by atoms with Crippen molar-refractivity contribution in [2.24, 2.45) is 5.92 Å². The molecule has 3 aromatic rings. The molecule has 0 radical (unpaired) electrons. The van der Waals surface area contributed by atoms with Crippen LogP contribution in [0.5, 0.6) is 0 Å². The third kappa shape index (κ3) is 3.27. The van der Waals surface area contributed by atoms with E-state index in [0.717, 1.165) is 17.1 Å². The molecule has 0 saturated heterocycles. The standard InChI is InChI=1S/C20H21N3O3/c1-12-10-17(12)18-9-8-16(25-18)11-23(3)20(24)15-6-4-14(5-7-15)19-21-13(2)22-26-19/h4-9,12,17H,10-11H2,1-3H3/t12-,17-/m0/s1. The van der Waals surface area contributed by atoms with Crippen molar-refractivity contribution in [1.29, 1.82) is 0 Å². The number of furan rings is 1. The van der Waals surface area contributed by atoms with Crippen molar-refractivity contribution in [2.45, 2.75) is 32.7 Å². The molecule has 26 heavy (non-hydrogen) atoms. The van der Waals surface area contributed by atoms with Crippen molar-refractivity contribution < 1.29 is 13.7 Å². The highest BCUT2D eigenvalue weighted by Crippen LogP contribution is 2.47. The number of nitrogens with zero attached hydrogens (tertiary/aromatic N) is 3. The molecule has 1 amide bonds. The average molecular weight is 351 g/mol. The number of carbonyl (C=O) groups is 1. The van der Waals surface area contributed by atoms with E-state index in [2.05, 4.69) is 17.1 Å². The SMILES string of the molecule is Cc1noc(-c2ccc(C(=O)N(C)Cc3ccc([C@H]4C[C@@H]4C)o3)cc2)n1. The van der Waals surface area contributed by atoms with Crippen molar-refractivity contribution in [3.05, 3.63) is 59.3 Å². The molecule has 6 heteroatoms. The molecule has 1 saturated carbocycles. The summed E-state index contributed by atoms with van der Waals surface area (Å²) in [6, 6.07) is 11.2. The third-order valence-corrected chi connectivity index (χ3v) is 4.80. The summed E-state index contributed by atoms with van der Waals surface area (Å²) in [4.78, 5) is 18.5. The molecule has 1 fully saturated rings. The topological polar surface area (TPSA) is 72.4 Å². The Bertz CT molecular complexity index is 926. The van der Waals surface area contributed by atoms with Gasteiger partial charge in [0.1, 0.15) is 11.5 Å². The molecule has 2 atom stereocenters. The Balaban J connectivity index is 1.42. The fraction of sp³-hybridized carbons (Fsp3) is 0.350. The summed E-state index contributed by atoms with van der Waals surface area (Å²) >= 11 is 0. The Hall–Kier alpha value is -2.89. The summed E-state index contributed by atoms with van der Waals surface area (Å²) < 4.78 is 11.0. The highest BCUT2D eigenvalue weighted by molar-refractivity contribution is 5.94. The second kappa shape index (κ2) is 6.44. The van der Waals surface area contributed by atoms with Crippen LogP contribution in [0.15, 0.2) is 45.3 Å². The number of rotatable bonds is 5. The lowest BCUT2D eigenvalue weighted by atomic mass is 10.1. The summed E-state index contributed by atoms with van der Waals surface area (Å²) in [5.41, 5.74) is 1.40. The Kier molecular flexibility index (Phi) is 4.11. The normalized spacial score (nSPS) is 18.7. The van der Waals surface area contributed by atoms with Gasteiger partial charge < -0.3 is 13.8 Å². The molecule has 1 aromatic carbocycles. The minimum absolute atomic E-state index is 0.0593. The molecule has 0 N–H and O–H groups in total. The molecule has 0 spiro atoms. The monoisotopic (exact) mass is 351 g/mol. The number of hydrogen-bond acceptors (Lipinski definition) is 5. The molecule has 0 bridgehead atoms. The highest BCUT2D eigenvalue weighted by Gasteiger charge is 2.36. The predicted octanol–water partition coefficient (Wildman–Crippen LogP) is 4.03. The molecule has 2 aromatic heterocycles. The van der Waals surface area contributed by atoms with Gasteiger partial charge in [-0.05, 0) is 55.7 Å². The Labute approximate surface area is 151 Å². The molecular weight excluding hydrogens is 330 g/mol. The maximum absolute atomic E-state index is 12.6. The van der Waals surface area contributed by atoms with Gasteiger partial charge in [0.15, 0.2) is 5.82 Å². The van der Waals surface area contributed by atoms with Crippen LogP contribution in [0.4, 0.5) is 0 Å². The molecule has 134 valence electrons. The van der Waals surface area contributed by atoms with Gasteiger partial charge in [-0.2, -0.15) is 4.98 Å². The van der Waals surface area contributed by atoms with Crippen LogP contribution in [0.1, 0.15) is 47.0 Å². The van der Waals surface area contributed by atoms with Gasteiger partial charge in [0.05, 0.1) is 6.54 Å². The maximum atomic E-state index is 12.6. The fourth-order valence-electron chi connectivity index (χ4n) is 3.09. The zero-order valence-electron chi connectivity index (χ0n) is 15.1. The highest BCUT2D eigenvalue weighted by atomic mass is 16.5. The minimum atomic E-state index is -0.0593. The fourth-order valence-corrected chi connectivity index (χ4v) is 3.09. The van der Waals surface area contributed by atoms with Crippen molar-refractivity contribution in [3.63, 3.8) is 0 Å². The van der Waals surface area contributed by atoms with Gasteiger partial charge >= 0.3 is 0 Å². The molecule has 0 unspecified atom stereocenters. The molecule has 0 aliphatic heterocycles. The smallest absolute Gasteiger partial charge is 0.257 e. The van der Waals surface area contributed by atoms with Gasteiger partial charge in [-0.15, -0.1) is 0 Å². The lowest BCUT2D eigenvalue weighted by molar-refractivity contribution is 0.0775. The minimum Gasteiger partial charge on any atom is -0.464 e. The second-order valence-corrected chi connectivity index (χ2v) is 7.01. The zero-order chi connectivity index (χ0) is 18.3. The Morgan fingerprint density at radius 1 is 1.23 bits per heavy atom. The van der Waals surface area contributed by atoms with Crippen LogP contribution >= 0.6 is 0 Å². The van der Waals surface area contributed by atoms with Gasteiger partial charge in [-0.1, -0.05) is 12.1 Å². The second-order valence-electron chi connectivity index (χ2n) is 7.01. The van der Waals surface area contributed by atoms with Gasteiger partial charge in [0.25, 0.3) is 11.8 Å². The first-order valence-corrected chi connectivity index (χ1v) is 8.76. The lowest BCUT2D eigenvalue weighted by Gasteiger charge is -2.16. The van der Waals surface area contributed by atoms with E-state index in [0.29, 0.717) is 35.7 Å². The van der Waals surface area contributed by atoms with Crippen molar-refractivity contribution in [2.75, 3.05) is 7.05 Å². The molecular formula is C20H21N3O3. The van der Waals surface area contributed by atoms with Gasteiger partial charge in [0, 0.05) is 24.1 Å². The van der Waals surface area contributed by atoms with E-state index in [1.807, 2.05) is 24.3 Å². The first-order valence-electron chi connectivity index (χ1n) is 8.76. The molecule has 2 heterocycles. The largest absolute Gasteiger partial charge is 0.464 e. The van der Waals surface area contributed by atoms with E-state index in [1.54, 1.807) is 31.0 Å². The predicted molar refractivity (Wildman–Crippen MR) is 95.5 cm³/mol. The number of hydrogen-bond donors (Lipinski definition) is 0.